The molecule has 1 aromatic heterocycles. The Labute approximate surface area is 86.3 Å². The van der Waals surface area contributed by atoms with Crippen LogP contribution in [0.4, 0.5) is 0 Å². The van der Waals surface area contributed by atoms with E-state index in [9.17, 15) is 0 Å². The fraction of sp³-hybridized carbons (Fsp3) is 0.727. The lowest BCUT2D eigenvalue weighted by molar-refractivity contribution is 0.357. The number of H-pyrrole nitrogens is 1. The van der Waals surface area contributed by atoms with Crippen LogP contribution in [0.5, 0.6) is 0 Å². The molecule has 0 saturated heterocycles. The largest absolute Gasteiger partial charge is 0.347 e. The highest BCUT2D eigenvalue weighted by atomic mass is 15.0. The van der Waals surface area contributed by atoms with E-state index in [1.54, 1.807) is 0 Å². The zero-order chi connectivity index (χ0) is 10.4. The predicted octanol–water partition coefficient (Wildman–Crippen LogP) is 2.50. The van der Waals surface area contributed by atoms with Crippen molar-refractivity contribution in [3.8, 4) is 0 Å². The molecule has 0 saturated carbocycles. The van der Waals surface area contributed by atoms with Gasteiger partial charge in [0, 0.05) is 12.4 Å². The minimum absolute atomic E-state index is 0.370. The molecule has 0 radical (unpaired) electrons. The van der Waals surface area contributed by atoms with E-state index in [2.05, 4.69) is 36.1 Å². The molecule has 80 valence electrons. The third-order valence-corrected chi connectivity index (χ3v) is 2.55. The summed E-state index contributed by atoms with van der Waals surface area (Å²) in [5.41, 5.74) is 0. The van der Waals surface area contributed by atoms with Crippen molar-refractivity contribution in [3.63, 3.8) is 0 Å². The zero-order valence-corrected chi connectivity index (χ0v) is 9.38. The first-order chi connectivity index (χ1) is 6.79. The summed E-state index contributed by atoms with van der Waals surface area (Å²) in [4.78, 5) is 7.51. The van der Waals surface area contributed by atoms with Gasteiger partial charge in [-0.2, -0.15) is 0 Å². The Balaban J connectivity index is 2.63. The first-order valence-electron chi connectivity index (χ1n) is 5.52. The molecule has 2 N–H and O–H groups in total. The van der Waals surface area contributed by atoms with Gasteiger partial charge in [0.05, 0.1) is 6.04 Å². The Morgan fingerprint density at radius 3 is 2.79 bits per heavy atom. The van der Waals surface area contributed by atoms with Crippen molar-refractivity contribution >= 4 is 0 Å². The molecule has 1 rings (SSSR count). The van der Waals surface area contributed by atoms with Gasteiger partial charge in [-0.05, 0) is 18.9 Å². The maximum Gasteiger partial charge on any atom is 0.123 e. The number of imidazole rings is 1. The van der Waals surface area contributed by atoms with Crippen LogP contribution >= 0.6 is 0 Å². The van der Waals surface area contributed by atoms with Crippen LogP contribution in [0.1, 0.15) is 45.5 Å². The highest BCUT2D eigenvalue weighted by Crippen LogP contribution is 2.22. The Hall–Kier alpha value is -0.830. The van der Waals surface area contributed by atoms with Crippen molar-refractivity contribution in [2.75, 3.05) is 6.54 Å². The van der Waals surface area contributed by atoms with Crippen molar-refractivity contribution in [2.24, 2.45) is 5.92 Å². The highest BCUT2D eigenvalue weighted by molar-refractivity contribution is 4.97. The second kappa shape index (κ2) is 5.81. The van der Waals surface area contributed by atoms with E-state index in [1.807, 2.05) is 12.4 Å². The first-order valence-corrected chi connectivity index (χ1v) is 5.52. The van der Waals surface area contributed by atoms with Crippen molar-refractivity contribution in [3.05, 3.63) is 18.2 Å². The van der Waals surface area contributed by atoms with Gasteiger partial charge in [0.1, 0.15) is 5.82 Å². The molecule has 0 bridgehead atoms. The highest BCUT2D eigenvalue weighted by Gasteiger charge is 2.19. The quantitative estimate of drug-likeness (QED) is 0.732. The predicted molar refractivity (Wildman–Crippen MR) is 59.1 cm³/mol. The average molecular weight is 195 g/mol. The third kappa shape index (κ3) is 2.84. The molecule has 1 heterocycles. The van der Waals surface area contributed by atoms with Crippen molar-refractivity contribution in [1.29, 1.82) is 0 Å². The summed E-state index contributed by atoms with van der Waals surface area (Å²) in [6.45, 7) is 7.62. The van der Waals surface area contributed by atoms with Crippen LogP contribution in [0, 0.1) is 5.92 Å². The Morgan fingerprint density at radius 2 is 2.29 bits per heavy atom. The van der Waals surface area contributed by atoms with Gasteiger partial charge >= 0.3 is 0 Å². The molecule has 3 nitrogen and oxygen atoms in total. The van der Waals surface area contributed by atoms with E-state index in [0.29, 0.717) is 12.0 Å². The van der Waals surface area contributed by atoms with Crippen LogP contribution in [0.3, 0.4) is 0 Å². The second-order valence-corrected chi connectivity index (χ2v) is 3.78. The molecule has 0 aromatic carbocycles. The van der Waals surface area contributed by atoms with Gasteiger partial charge in [-0.25, -0.2) is 4.98 Å². The van der Waals surface area contributed by atoms with Crippen LogP contribution in [0.25, 0.3) is 0 Å². The number of nitrogens with zero attached hydrogens (tertiary/aromatic N) is 1. The molecule has 1 aromatic rings. The van der Waals surface area contributed by atoms with Crippen LogP contribution in [0.2, 0.25) is 0 Å². The van der Waals surface area contributed by atoms with Crippen LogP contribution in [-0.2, 0) is 0 Å². The summed E-state index contributed by atoms with van der Waals surface area (Å²) in [5.74, 6) is 1.69. The van der Waals surface area contributed by atoms with E-state index in [1.165, 1.54) is 12.8 Å². The monoisotopic (exact) mass is 195 g/mol. The van der Waals surface area contributed by atoms with Crippen LogP contribution < -0.4 is 5.32 Å². The fourth-order valence-corrected chi connectivity index (χ4v) is 1.86. The van der Waals surface area contributed by atoms with Crippen LogP contribution in [-0.4, -0.2) is 16.5 Å². The molecule has 0 aliphatic heterocycles. The number of rotatable bonds is 6. The standard InChI is InChI=1S/C11H21N3/c1-4-6-9(3)10(12-5-2)11-13-7-8-14-11/h7-10,12H,4-6H2,1-3H3,(H,13,14). The Kier molecular flexibility index (Phi) is 4.66. The van der Waals surface area contributed by atoms with E-state index in [-0.39, 0.29) is 0 Å². The third-order valence-electron chi connectivity index (χ3n) is 2.55. The van der Waals surface area contributed by atoms with Crippen molar-refractivity contribution in [2.45, 2.75) is 39.7 Å². The van der Waals surface area contributed by atoms with Gasteiger partial charge in [-0.3, -0.25) is 0 Å². The minimum atomic E-state index is 0.370. The lowest BCUT2D eigenvalue weighted by Crippen LogP contribution is -2.27. The normalized spacial score (nSPS) is 15.4. The number of hydrogen-bond acceptors (Lipinski definition) is 2. The number of aromatic amines is 1. The molecular weight excluding hydrogens is 174 g/mol. The van der Waals surface area contributed by atoms with Gasteiger partial charge < -0.3 is 10.3 Å². The molecule has 2 atom stereocenters. The fourth-order valence-electron chi connectivity index (χ4n) is 1.86. The number of aromatic nitrogens is 2. The van der Waals surface area contributed by atoms with Gasteiger partial charge in [-0.15, -0.1) is 0 Å². The lowest BCUT2D eigenvalue weighted by atomic mass is 9.96. The molecule has 0 spiro atoms. The minimum Gasteiger partial charge on any atom is -0.347 e. The molecule has 0 amide bonds. The van der Waals surface area contributed by atoms with E-state index in [4.69, 9.17) is 0 Å². The summed E-state index contributed by atoms with van der Waals surface area (Å²) in [7, 11) is 0. The van der Waals surface area contributed by atoms with Crippen LogP contribution in [0.15, 0.2) is 12.4 Å². The summed E-state index contributed by atoms with van der Waals surface area (Å²) in [6.07, 6.45) is 6.17. The van der Waals surface area contributed by atoms with Crippen molar-refractivity contribution < 1.29 is 0 Å². The number of hydrogen-bond donors (Lipinski definition) is 2. The van der Waals surface area contributed by atoms with E-state index >= 15 is 0 Å². The molecule has 2 unspecified atom stereocenters. The maximum atomic E-state index is 4.32. The average Bonchev–Trinajstić information content (AvgIpc) is 2.67. The van der Waals surface area contributed by atoms with Gasteiger partial charge in [0.15, 0.2) is 0 Å². The van der Waals surface area contributed by atoms with Crippen molar-refractivity contribution in [1.82, 2.24) is 15.3 Å². The van der Waals surface area contributed by atoms with Gasteiger partial charge in [0.25, 0.3) is 0 Å². The Morgan fingerprint density at radius 1 is 1.50 bits per heavy atom. The summed E-state index contributed by atoms with van der Waals surface area (Å²) < 4.78 is 0. The molecule has 3 heteroatoms. The Bertz CT molecular complexity index is 231. The molecule has 14 heavy (non-hydrogen) atoms. The molecule has 0 fully saturated rings. The topological polar surface area (TPSA) is 40.7 Å². The second-order valence-electron chi connectivity index (χ2n) is 3.78. The van der Waals surface area contributed by atoms with Gasteiger partial charge in [-0.1, -0.05) is 27.2 Å². The zero-order valence-electron chi connectivity index (χ0n) is 9.38. The molecular formula is C11H21N3. The molecule has 0 aliphatic rings. The summed E-state index contributed by atoms with van der Waals surface area (Å²) >= 11 is 0. The molecule has 0 aliphatic carbocycles. The first kappa shape index (κ1) is 11.2. The van der Waals surface area contributed by atoms with E-state index in [0.717, 1.165) is 12.4 Å². The van der Waals surface area contributed by atoms with Gasteiger partial charge in [0.2, 0.25) is 0 Å². The van der Waals surface area contributed by atoms with E-state index < -0.39 is 0 Å². The maximum absolute atomic E-state index is 4.32. The summed E-state index contributed by atoms with van der Waals surface area (Å²) in [6, 6.07) is 0.370. The lowest BCUT2D eigenvalue weighted by Gasteiger charge is -2.22. The number of nitrogens with one attached hydrogen (secondary N) is 2. The smallest absolute Gasteiger partial charge is 0.123 e. The SMILES string of the molecule is CCCC(C)C(NCC)c1ncc[nH]1. The summed E-state index contributed by atoms with van der Waals surface area (Å²) in [5, 5.41) is 3.48.